The number of esters is 1. The van der Waals surface area contributed by atoms with Crippen molar-refractivity contribution in [2.24, 2.45) is 0 Å². The van der Waals surface area contributed by atoms with Crippen molar-refractivity contribution in [2.75, 3.05) is 48.7 Å². The number of hydrogen-bond acceptors (Lipinski definition) is 8. The molecule has 0 spiro atoms. The fourth-order valence-corrected chi connectivity index (χ4v) is 6.90. The Labute approximate surface area is 255 Å². The number of aromatic nitrogens is 2. The summed E-state index contributed by atoms with van der Waals surface area (Å²) in [5.41, 5.74) is 1.89. The van der Waals surface area contributed by atoms with E-state index in [0.29, 0.717) is 36.7 Å². The van der Waals surface area contributed by atoms with Gasteiger partial charge in [-0.05, 0) is 41.6 Å². The van der Waals surface area contributed by atoms with Gasteiger partial charge in [-0.1, -0.05) is 66.9 Å². The van der Waals surface area contributed by atoms with Crippen LogP contribution in [0.1, 0.15) is 19.8 Å². The number of anilines is 2. The molecule has 1 aliphatic rings. The molecule has 1 aliphatic heterocycles. The zero-order chi connectivity index (χ0) is 29.7. The van der Waals surface area contributed by atoms with E-state index in [9.17, 15) is 13.2 Å². The van der Waals surface area contributed by atoms with E-state index in [1.165, 1.54) is 18.2 Å². The molecule has 1 saturated heterocycles. The number of carbonyl (C=O) groups excluding carboxylic acids is 1. The SMILES string of the molecule is CCCCOC(=O)CN(c1cccc2c(-c3cnc(N4CCOCC4)nc3)cccc12)S(=O)(=O)c1cc(Cl)cc(Cl)c1. The first-order chi connectivity index (χ1) is 20.3. The van der Waals surface area contributed by atoms with Gasteiger partial charge in [-0.2, -0.15) is 0 Å². The first kappa shape index (κ1) is 30.0. The summed E-state index contributed by atoms with van der Waals surface area (Å²) >= 11 is 12.3. The van der Waals surface area contributed by atoms with Crippen LogP contribution < -0.4 is 9.21 Å². The fraction of sp³-hybridized carbons (Fsp3) is 0.300. The molecular weight excluding hydrogens is 599 g/mol. The lowest BCUT2D eigenvalue weighted by molar-refractivity contribution is -0.141. The summed E-state index contributed by atoms with van der Waals surface area (Å²) < 4.78 is 39.9. The second-order valence-corrected chi connectivity index (χ2v) is 12.5. The molecule has 0 radical (unpaired) electrons. The molecule has 0 unspecified atom stereocenters. The third kappa shape index (κ3) is 6.62. The molecular formula is C30H30Cl2N4O5S. The van der Waals surface area contributed by atoms with E-state index < -0.39 is 22.5 Å². The average molecular weight is 630 g/mol. The normalized spacial score (nSPS) is 13.7. The number of benzene rings is 3. The van der Waals surface area contributed by atoms with Crippen LogP contribution in [0, 0.1) is 0 Å². The summed E-state index contributed by atoms with van der Waals surface area (Å²) in [5, 5.41) is 1.70. The van der Waals surface area contributed by atoms with E-state index in [1.54, 1.807) is 24.5 Å². The standard InChI is InChI=1S/C30H30Cl2N4O5S/c1-2-3-12-41-29(37)20-36(42(38,39)24-16-22(31)15-23(32)17-24)28-9-5-7-26-25(6-4-8-27(26)28)21-18-33-30(34-19-21)35-10-13-40-14-11-35/h4-9,15-19H,2-3,10-14,20H2,1H3. The Morgan fingerprint density at radius 1 is 1.00 bits per heavy atom. The smallest absolute Gasteiger partial charge is 0.326 e. The molecule has 0 N–H and O–H groups in total. The maximum absolute atomic E-state index is 14.1. The van der Waals surface area contributed by atoms with Gasteiger partial charge >= 0.3 is 5.97 Å². The van der Waals surface area contributed by atoms with Crippen LogP contribution in [-0.2, 0) is 24.3 Å². The number of sulfonamides is 1. The Kier molecular flexibility index (Phi) is 9.47. The van der Waals surface area contributed by atoms with Gasteiger partial charge in [-0.25, -0.2) is 18.4 Å². The van der Waals surface area contributed by atoms with Crippen LogP contribution in [0.3, 0.4) is 0 Å². The number of carbonyl (C=O) groups is 1. The van der Waals surface area contributed by atoms with E-state index in [4.69, 9.17) is 32.7 Å². The van der Waals surface area contributed by atoms with Crippen molar-refractivity contribution in [2.45, 2.75) is 24.7 Å². The summed E-state index contributed by atoms with van der Waals surface area (Å²) in [7, 11) is -4.29. The van der Waals surface area contributed by atoms with Gasteiger partial charge in [0.25, 0.3) is 10.0 Å². The van der Waals surface area contributed by atoms with Gasteiger partial charge in [0.1, 0.15) is 6.54 Å². The maximum Gasteiger partial charge on any atom is 0.326 e. The van der Waals surface area contributed by atoms with Crippen molar-refractivity contribution >= 4 is 61.6 Å². The van der Waals surface area contributed by atoms with Gasteiger partial charge < -0.3 is 14.4 Å². The average Bonchev–Trinajstić information content (AvgIpc) is 2.99. The Balaban J connectivity index is 1.57. The molecule has 220 valence electrons. The molecule has 0 atom stereocenters. The van der Waals surface area contributed by atoms with E-state index in [0.717, 1.165) is 40.3 Å². The second kappa shape index (κ2) is 13.2. The topological polar surface area (TPSA) is 102 Å². The Bertz CT molecular complexity index is 1660. The minimum atomic E-state index is -4.29. The largest absolute Gasteiger partial charge is 0.464 e. The van der Waals surface area contributed by atoms with E-state index >= 15 is 0 Å². The number of hydrogen-bond donors (Lipinski definition) is 0. The lowest BCUT2D eigenvalue weighted by atomic mass is 9.99. The molecule has 0 bridgehead atoms. The minimum absolute atomic E-state index is 0.137. The molecule has 2 heterocycles. The molecule has 0 amide bonds. The third-order valence-corrected chi connectivity index (χ3v) is 9.04. The van der Waals surface area contributed by atoms with E-state index in [-0.39, 0.29) is 21.5 Å². The van der Waals surface area contributed by atoms with Crippen LogP contribution in [0.5, 0.6) is 0 Å². The molecule has 0 saturated carbocycles. The lowest BCUT2D eigenvalue weighted by Crippen LogP contribution is -2.37. The van der Waals surface area contributed by atoms with Gasteiger partial charge in [0.05, 0.1) is 30.4 Å². The first-order valence-corrected chi connectivity index (χ1v) is 15.8. The van der Waals surface area contributed by atoms with Crippen molar-refractivity contribution in [3.8, 4) is 11.1 Å². The molecule has 0 aliphatic carbocycles. The van der Waals surface area contributed by atoms with Crippen molar-refractivity contribution < 1.29 is 22.7 Å². The zero-order valence-electron chi connectivity index (χ0n) is 23.0. The highest BCUT2D eigenvalue weighted by Crippen LogP contribution is 2.37. The Morgan fingerprint density at radius 2 is 1.67 bits per heavy atom. The highest BCUT2D eigenvalue weighted by molar-refractivity contribution is 7.93. The molecule has 5 rings (SSSR count). The predicted octanol–water partition coefficient (Wildman–Crippen LogP) is 5.98. The van der Waals surface area contributed by atoms with Gasteiger partial charge in [0.15, 0.2) is 0 Å². The van der Waals surface area contributed by atoms with Crippen LogP contribution in [0.2, 0.25) is 10.0 Å². The van der Waals surface area contributed by atoms with Gasteiger partial charge in [0, 0.05) is 46.5 Å². The molecule has 9 nitrogen and oxygen atoms in total. The summed E-state index contributed by atoms with van der Waals surface area (Å²) in [4.78, 5) is 24.0. The maximum atomic E-state index is 14.1. The second-order valence-electron chi connectivity index (χ2n) is 9.74. The fourth-order valence-electron chi connectivity index (χ4n) is 4.75. The van der Waals surface area contributed by atoms with Crippen LogP contribution in [0.25, 0.3) is 21.9 Å². The summed E-state index contributed by atoms with van der Waals surface area (Å²) in [6.07, 6.45) is 5.02. The molecule has 1 fully saturated rings. The molecule has 42 heavy (non-hydrogen) atoms. The third-order valence-electron chi connectivity index (χ3n) is 6.87. The number of halogens is 2. The number of morpholine rings is 1. The van der Waals surface area contributed by atoms with E-state index in [1.807, 2.05) is 31.2 Å². The van der Waals surface area contributed by atoms with Crippen LogP contribution >= 0.6 is 23.2 Å². The molecule has 4 aromatic rings. The van der Waals surface area contributed by atoms with Crippen LogP contribution in [0.15, 0.2) is 71.9 Å². The quantitative estimate of drug-likeness (QED) is 0.156. The summed E-state index contributed by atoms with van der Waals surface area (Å²) in [6.45, 7) is 4.35. The highest BCUT2D eigenvalue weighted by Gasteiger charge is 2.30. The Hall–Kier alpha value is -3.44. The highest BCUT2D eigenvalue weighted by atomic mass is 35.5. The number of fused-ring (bicyclic) bond motifs is 1. The summed E-state index contributed by atoms with van der Waals surface area (Å²) in [6, 6.07) is 14.9. The zero-order valence-corrected chi connectivity index (χ0v) is 25.3. The monoisotopic (exact) mass is 628 g/mol. The van der Waals surface area contributed by atoms with E-state index in [2.05, 4.69) is 14.9 Å². The minimum Gasteiger partial charge on any atom is -0.464 e. The van der Waals surface area contributed by atoms with Crippen molar-refractivity contribution in [3.05, 3.63) is 77.0 Å². The van der Waals surface area contributed by atoms with Gasteiger partial charge in [0.2, 0.25) is 5.95 Å². The first-order valence-electron chi connectivity index (χ1n) is 13.6. The van der Waals surface area contributed by atoms with Crippen LogP contribution in [-0.4, -0.2) is 63.8 Å². The van der Waals surface area contributed by atoms with Gasteiger partial charge in [-0.3, -0.25) is 9.10 Å². The number of ether oxygens (including phenoxy) is 2. The predicted molar refractivity (Wildman–Crippen MR) is 165 cm³/mol. The van der Waals surface area contributed by atoms with Crippen molar-refractivity contribution in [3.63, 3.8) is 0 Å². The van der Waals surface area contributed by atoms with Crippen LogP contribution in [0.4, 0.5) is 11.6 Å². The molecule has 1 aromatic heterocycles. The summed E-state index contributed by atoms with van der Waals surface area (Å²) in [5.74, 6) is -0.0394. The van der Waals surface area contributed by atoms with Gasteiger partial charge in [-0.15, -0.1) is 0 Å². The molecule has 3 aromatic carbocycles. The molecule has 12 heteroatoms. The number of unbranched alkanes of at least 4 members (excludes halogenated alkanes) is 1. The van der Waals surface area contributed by atoms with Crippen molar-refractivity contribution in [1.29, 1.82) is 0 Å². The van der Waals surface area contributed by atoms with Crippen molar-refractivity contribution in [1.82, 2.24) is 9.97 Å². The lowest BCUT2D eigenvalue weighted by Gasteiger charge is -2.26. The Morgan fingerprint density at radius 3 is 2.36 bits per heavy atom. The number of rotatable bonds is 10. The number of nitrogens with zero attached hydrogens (tertiary/aromatic N) is 4.